The molecule has 0 rings (SSSR count). The average Bonchev–Trinajstić information content (AvgIpc) is 1.85. The van der Waals surface area contributed by atoms with Gasteiger partial charge in [0.15, 0.2) is 0 Å². The van der Waals surface area contributed by atoms with Gasteiger partial charge in [-0.2, -0.15) is 10.2 Å². The highest BCUT2D eigenvalue weighted by Crippen LogP contribution is 2.36. The number of hydrazine groups is 1. The molecule has 0 aliphatic carbocycles. The van der Waals surface area contributed by atoms with E-state index in [0.29, 0.717) is 0 Å². The highest BCUT2D eigenvalue weighted by Gasteiger charge is 2.12. The molecule has 0 aromatic rings. The van der Waals surface area contributed by atoms with E-state index in [9.17, 15) is 0 Å². The molecule has 0 saturated heterocycles. The summed E-state index contributed by atoms with van der Waals surface area (Å²) in [5, 5.41) is 0. The second kappa shape index (κ2) is 3.78. The smallest absolute Gasteiger partial charge is 0.124 e. The van der Waals surface area contributed by atoms with Gasteiger partial charge in [-0.1, -0.05) is 6.58 Å². The molecule has 0 unspecified atom stereocenters. The average molecular weight is 175 g/mol. The molecular formula is C7H17N3S. The standard InChI is InChI=1S/C7H17N3S/c1-6-9-7(2)10(8)11(3,4)5/h6H,1,8H2,2-5H3/b9-7-. The van der Waals surface area contributed by atoms with Crippen molar-refractivity contribution in [1.29, 1.82) is 0 Å². The first-order valence-electron chi connectivity index (χ1n) is 3.28. The summed E-state index contributed by atoms with van der Waals surface area (Å²) in [5.41, 5.74) is 0. The van der Waals surface area contributed by atoms with Crippen molar-refractivity contribution in [3.8, 4) is 0 Å². The van der Waals surface area contributed by atoms with E-state index in [1.54, 1.807) is 4.41 Å². The monoisotopic (exact) mass is 175 g/mol. The predicted octanol–water partition coefficient (Wildman–Crippen LogP) is 1.33. The summed E-state index contributed by atoms with van der Waals surface area (Å²) in [7, 11) is -0.892. The van der Waals surface area contributed by atoms with E-state index in [1.807, 2.05) is 6.92 Å². The lowest BCUT2D eigenvalue weighted by atomic mass is 10.7. The summed E-state index contributed by atoms with van der Waals surface area (Å²) in [5.74, 6) is 6.58. The highest BCUT2D eigenvalue weighted by molar-refractivity contribution is 8.30. The molecule has 0 spiro atoms. The molecule has 2 N–H and O–H groups in total. The van der Waals surface area contributed by atoms with Crippen LogP contribution in [0.5, 0.6) is 0 Å². The molecule has 0 heterocycles. The first-order valence-corrected chi connectivity index (χ1v) is 6.09. The quantitative estimate of drug-likeness (QED) is 0.298. The van der Waals surface area contributed by atoms with E-state index in [-0.39, 0.29) is 0 Å². The normalized spacial score (nSPS) is 14.5. The Kier molecular flexibility index (Phi) is 3.62. The van der Waals surface area contributed by atoms with Crippen LogP contribution >= 0.6 is 10.2 Å². The number of rotatable bonds is 2. The van der Waals surface area contributed by atoms with Crippen LogP contribution < -0.4 is 5.84 Å². The minimum absolute atomic E-state index is 0.808. The molecule has 0 aromatic carbocycles. The number of amidine groups is 1. The maximum Gasteiger partial charge on any atom is 0.124 e. The van der Waals surface area contributed by atoms with Crippen LogP contribution in [0.3, 0.4) is 0 Å². The van der Waals surface area contributed by atoms with Gasteiger partial charge in [0, 0.05) is 6.20 Å². The Labute approximate surface area is 70.4 Å². The molecule has 11 heavy (non-hydrogen) atoms. The third kappa shape index (κ3) is 3.43. The Hall–Kier alpha value is -0.480. The van der Waals surface area contributed by atoms with Crippen molar-refractivity contribution in [2.75, 3.05) is 18.8 Å². The van der Waals surface area contributed by atoms with Crippen molar-refractivity contribution >= 4 is 16.0 Å². The van der Waals surface area contributed by atoms with Gasteiger partial charge < -0.3 is 0 Å². The molecule has 0 fully saturated rings. The van der Waals surface area contributed by atoms with Crippen molar-refractivity contribution in [3.05, 3.63) is 12.8 Å². The zero-order valence-corrected chi connectivity index (χ0v) is 8.48. The van der Waals surface area contributed by atoms with Crippen molar-refractivity contribution in [1.82, 2.24) is 4.41 Å². The van der Waals surface area contributed by atoms with E-state index in [2.05, 4.69) is 30.3 Å². The first kappa shape index (κ1) is 10.5. The van der Waals surface area contributed by atoms with Gasteiger partial charge in [-0.05, 0) is 25.7 Å². The lowest BCUT2D eigenvalue weighted by molar-refractivity contribution is 0.712. The van der Waals surface area contributed by atoms with Gasteiger partial charge >= 0.3 is 0 Å². The fraction of sp³-hybridized carbons (Fsp3) is 0.571. The second-order valence-corrected chi connectivity index (χ2v) is 6.90. The number of hydrogen-bond donors (Lipinski definition) is 1. The Morgan fingerprint density at radius 2 is 2.00 bits per heavy atom. The number of hydrogen-bond acceptors (Lipinski definition) is 2. The summed E-state index contributed by atoms with van der Waals surface area (Å²) < 4.78 is 1.70. The van der Waals surface area contributed by atoms with E-state index in [1.165, 1.54) is 6.20 Å². The number of nitrogens with two attached hydrogens (primary N) is 1. The second-order valence-electron chi connectivity index (χ2n) is 2.96. The van der Waals surface area contributed by atoms with Crippen LogP contribution in [0.1, 0.15) is 6.92 Å². The zero-order valence-electron chi connectivity index (χ0n) is 7.66. The van der Waals surface area contributed by atoms with Gasteiger partial charge in [0.25, 0.3) is 0 Å². The summed E-state index contributed by atoms with van der Waals surface area (Å²) in [6.07, 6.45) is 7.82. The summed E-state index contributed by atoms with van der Waals surface area (Å²) in [6, 6.07) is 0. The number of nitrogens with zero attached hydrogens (tertiary/aromatic N) is 2. The minimum Gasteiger partial charge on any atom is -0.259 e. The Morgan fingerprint density at radius 3 is 2.27 bits per heavy atom. The van der Waals surface area contributed by atoms with E-state index in [4.69, 9.17) is 5.84 Å². The summed E-state index contributed by atoms with van der Waals surface area (Å²) in [4.78, 5) is 3.99. The van der Waals surface area contributed by atoms with Gasteiger partial charge in [0.1, 0.15) is 5.84 Å². The molecule has 0 aliphatic rings. The van der Waals surface area contributed by atoms with Gasteiger partial charge in [-0.3, -0.25) is 4.41 Å². The maximum absolute atomic E-state index is 5.77. The SMILES string of the molecule is C=C/N=C(/C)N(N)S(C)(C)C. The summed E-state index contributed by atoms with van der Waals surface area (Å²) >= 11 is 0. The fourth-order valence-corrected chi connectivity index (χ4v) is 1.43. The summed E-state index contributed by atoms with van der Waals surface area (Å²) in [6.45, 7) is 5.38. The van der Waals surface area contributed by atoms with Crippen LogP contribution in [0, 0.1) is 0 Å². The molecule has 0 radical (unpaired) electrons. The Balaban J connectivity index is 4.36. The molecular weight excluding hydrogens is 158 g/mol. The minimum atomic E-state index is -0.892. The number of aliphatic imine (C=N–C) groups is 1. The highest BCUT2D eigenvalue weighted by atomic mass is 32.3. The van der Waals surface area contributed by atoms with Gasteiger partial charge in [-0.15, -0.1) is 0 Å². The van der Waals surface area contributed by atoms with E-state index < -0.39 is 10.2 Å². The molecule has 4 heteroatoms. The van der Waals surface area contributed by atoms with Crippen LogP contribution in [0.2, 0.25) is 0 Å². The van der Waals surface area contributed by atoms with Crippen LogP contribution in [-0.4, -0.2) is 29.0 Å². The van der Waals surface area contributed by atoms with Gasteiger partial charge in [-0.25, -0.2) is 10.8 Å². The zero-order chi connectivity index (χ0) is 9.07. The lowest BCUT2D eigenvalue weighted by Gasteiger charge is -2.37. The Bertz CT molecular complexity index is 169. The molecule has 3 nitrogen and oxygen atoms in total. The van der Waals surface area contributed by atoms with E-state index in [0.717, 1.165) is 5.84 Å². The molecule has 0 aromatic heterocycles. The van der Waals surface area contributed by atoms with Crippen LogP contribution in [0.4, 0.5) is 0 Å². The topological polar surface area (TPSA) is 41.6 Å². The van der Waals surface area contributed by atoms with Crippen LogP contribution in [0.15, 0.2) is 17.8 Å². The maximum atomic E-state index is 5.77. The van der Waals surface area contributed by atoms with Crippen molar-refractivity contribution < 1.29 is 0 Å². The lowest BCUT2D eigenvalue weighted by Crippen LogP contribution is -2.36. The largest absolute Gasteiger partial charge is 0.259 e. The van der Waals surface area contributed by atoms with Gasteiger partial charge in [0.2, 0.25) is 0 Å². The Morgan fingerprint density at radius 1 is 1.55 bits per heavy atom. The first-order chi connectivity index (χ1) is 4.89. The van der Waals surface area contributed by atoms with Crippen molar-refractivity contribution in [2.45, 2.75) is 6.92 Å². The third-order valence-corrected chi connectivity index (χ3v) is 2.63. The molecule has 0 bridgehead atoms. The van der Waals surface area contributed by atoms with Crippen molar-refractivity contribution in [2.24, 2.45) is 10.8 Å². The van der Waals surface area contributed by atoms with Crippen LogP contribution in [0.25, 0.3) is 0 Å². The molecule has 0 amide bonds. The van der Waals surface area contributed by atoms with Gasteiger partial charge in [0.05, 0.1) is 0 Å². The predicted molar refractivity (Wildman–Crippen MR) is 54.7 cm³/mol. The van der Waals surface area contributed by atoms with Crippen LogP contribution in [-0.2, 0) is 0 Å². The van der Waals surface area contributed by atoms with Crippen molar-refractivity contribution in [3.63, 3.8) is 0 Å². The molecule has 66 valence electrons. The third-order valence-electron chi connectivity index (χ3n) is 1.19. The molecule has 0 aliphatic heterocycles. The van der Waals surface area contributed by atoms with E-state index >= 15 is 0 Å². The molecule has 0 atom stereocenters. The molecule has 0 saturated carbocycles. The fourth-order valence-electron chi connectivity index (χ4n) is 0.585.